The van der Waals surface area contributed by atoms with Gasteiger partial charge in [0.05, 0.1) is 7.05 Å². The number of quaternary nitrogens is 1. The van der Waals surface area contributed by atoms with Crippen molar-refractivity contribution in [3.63, 3.8) is 0 Å². The molecule has 1 aromatic carbocycles. The molecule has 0 bridgehead atoms. The smallest absolute Gasteiger partial charge is 0.279 e. The van der Waals surface area contributed by atoms with E-state index in [0.717, 1.165) is 4.90 Å². The minimum Gasteiger partial charge on any atom is -0.366 e. The largest absolute Gasteiger partial charge is 0.366 e. The van der Waals surface area contributed by atoms with Gasteiger partial charge in [0.15, 0.2) is 13.1 Å². The second kappa shape index (κ2) is 8.89. The Kier molecular flexibility index (Phi) is 7.21. The zero-order chi connectivity index (χ0) is 17.4. The summed E-state index contributed by atoms with van der Waals surface area (Å²) < 4.78 is 0. The average Bonchev–Trinajstić information content (AvgIpc) is 2.48. The fourth-order valence-electron chi connectivity index (χ4n) is 2.21. The molecule has 1 rings (SSSR count). The zero-order valence-corrected chi connectivity index (χ0v) is 13.9. The van der Waals surface area contributed by atoms with Crippen LogP contribution in [0.1, 0.15) is 24.2 Å². The van der Waals surface area contributed by atoms with Crippen LogP contribution in [-0.2, 0) is 9.59 Å². The highest BCUT2D eigenvalue weighted by atomic mass is 16.2. The number of nitrogens with zero attached hydrogens (tertiary/aromatic N) is 1. The molecule has 23 heavy (non-hydrogen) atoms. The molecule has 0 aromatic heterocycles. The van der Waals surface area contributed by atoms with Crippen molar-refractivity contribution in [2.75, 3.05) is 38.5 Å². The number of hydrogen-bond acceptors (Lipinski definition) is 3. The summed E-state index contributed by atoms with van der Waals surface area (Å²) in [5.41, 5.74) is 6.13. The van der Waals surface area contributed by atoms with Crippen molar-refractivity contribution in [1.29, 1.82) is 0 Å². The van der Waals surface area contributed by atoms with Crippen molar-refractivity contribution < 1.29 is 19.3 Å². The Hall–Kier alpha value is -2.41. The normalized spacial score (nSPS) is 11.6. The van der Waals surface area contributed by atoms with Gasteiger partial charge in [0.2, 0.25) is 5.91 Å². The van der Waals surface area contributed by atoms with E-state index < -0.39 is 5.91 Å². The van der Waals surface area contributed by atoms with E-state index in [0.29, 0.717) is 24.3 Å². The summed E-state index contributed by atoms with van der Waals surface area (Å²) >= 11 is 0. The molecule has 126 valence electrons. The third-order valence-electron chi connectivity index (χ3n) is 3.48. The summed E-state index contributed by atoms with van der Waals surface area (Å²) in [5, 5.41) is 2.73. The van der Waals surface area contributed by atoms with Crippen LogP contribution in [0, 0.1) is 0 Å². The minimum atomic E-state index is -0.512. The summed E-state index contributed by atoms with van der Waals surface area (Å²) in [6.07, 6.45) is 0. The first-order chi connectivity index (χ1) is 10.9. The molecule has 0 aliphatic rings. The van der Waals surface area contributed by atoms with Gasteiger partial charge in [-0.1, -0.05) is 0 Å². The Balaban J connectivity index is 2.49. The van der Waals surface area contributed by atoms with Gasteiger partial charge in [0.25, 0.3) is 11.8 Å². The van der Waals surface area contributed by atoms with Gasteiger partial charge >= 0.3 is 0 Å². The molecule has 7 heteroatoms. The molecule has 1 aromatic rings. The van der Waals surface area contributed by atoms with Crippen molar-refractivity contribution in [3.05, 3.63) is 29.8 Å². The first kappa shape index (κ1) is 18.6. The Morgan fingerprint density at radius 2 is 1.65 bits per heavy atom. The number of benzene rings is 1. The number of rotatable bonds is 8. The van der Waals surface area contributed by atoms with Crippen LogP contribution >= 0.6 is 0 Å². The predicted octanol–water partition coefficient (Wildman–Crippen LogP) is -0.893. The lowest BCUT2D eigenvalue weighted by molar-refractivity contribution is -0.862. The molecule has 0 aliphatic carbocycles. The molecule has 3 amide bonds. The summed E-state index contributed by atoms with van der Waals surface area (Å²) in [4.78, 5) is 37.5. The standard InChI is InChI=1S/C16H24N4O3/c1-4-20(5-2)15(22)11-19(3)10-14(21)18-13-8-6-12(7-9-13)16(17)23/h6-9H,4-5,10-11H2,1-3H3,(H2,17,23)(H,18,21)/p+1. The fraction of sp³-hybridized carbons (Fsp3) is 0.438. The van der Waals surface area contributed by atoms with Gasteiger partial charge in [-0.15, -0.1) is 0 Å². The van der Waals surface area contributed by atoms with Crippen molar-refractivity contribution in [1.82, 2.24) is 4.90 Å². The van der Waals surface area contributed by atoms with Crippen LogP contribution in [0.25, 0.3) is 0 Å². The first-order valence-electron chi connectivity index (χ1n) is 7.66. The molecule has 0 saturated carbocycles. The third-order valence-corrected chi connectivity index (χ3v) is 3.48. The molecule has 0 radical (unpaired) electrons. The lowest BCUT2D eigenvalue weighted by Gasteiger charge is -2.20. The van der Waals surface area contributed by atoms with Crippen molar-refractivity contribution in [3.8, 4) is 0 Å². The number of amides is 3. The van der Waals surface area contributed by atoms with Gasteiger partial charge in [-0.3, -0.25) is 14.4 Å². The number of nitrogens with one attached hydrogen (secondary N) is 2. The Morgan fingerprint density at radius 1 is 1.09 bits per heavy atom. The zero-order valence-electron chi connectivity index (χ0n) is 13.9. The summed E-state index contributed by atoms with van der Waals surface area (Å²) in [7, 11) is 1.80. The number of hydrogen-bond donors (Lipinski definition) is 3. The molecular formula is C16H25N4O3+. The van der Waals surface area contributed by atoms with E-state index >= 15 is 0 Å². The van der Waals surface area contributed by atoms with E-state index in [4.69, 9.17) is 5.73 Å². The van der Waals surface area contributed by atoms with E-state index in [1.165, 1.54) is 0 Å². The number of carbonyl (C=O) groups is 3. The second-order valence-electron chi connectivity index (χ2n) is 5.37. The van der Waals surface area contributed by atoms with E-state index in [1.807, 2.05) is 13.8 Å². The molecule has 4 N–H and O–H groups in total. The van der Waals surface area contributed by atoms with Gasteiger partial charge in [-0.05, 0) is 38.1 Å². The highest BCUT2D eigenvalue weighted by molar-refractivity contribution is 5.95. The number of likely N-dealkylation sites (N-methyl/N-ethyl adjacent to an activating group) is 2. The highest BCUT2D eigenvalue weighted by Gasteiger charge is 2.17. The molecule has 1 unspecified atom stereocenters. The highest BCUT2D eigenvalue weighted by Crippen LogP contribution is 2.08. The number of anilines is 1. The third kappa shape index (κ3) is 6.07. The molecule has 0 spiro atoms. The summed E-state index contributed by atoms with van der Waals surface area (Å²) in [6.45, 7) is 5.65. The molecule has 7 nitrogen and oxygen atoms in total. The van der Waals surface area contributed by atoms with Crippen LogP contribution in [0.4, 0.5) is 5.69 Å². The quantitative estimate of drug-likeness (QED) is 0.579. The van der Waals surface area contributed by atoms with Gasteiger partial charge < -0.3 is 20.9 Å². The van der Waals surface area contributed by atoms with Crippen LogP contribution in [0.3, 0.4) is 0 Å². The second-order valence-corrected chi connectivity index (χ2v) is 5.37. The van der Waals surface area contributed by atoms with Gasteiger partial charge in [0, 0.05) is 24.3 Å². The number of carbonyl (C=O) groups excluding carboxylic acids is 3. The van der Waals surface area contributed by atoms with Gasteiger partial charge in [0.1, 0.15) is 0 Å². The molecule has 1 atom stereocenters. The maximum absolute atomic E-state index is 12.0. The first-order valence-corrected chi connectivity index (χ1v) is 7.66. The number of primary amides is 1. The summed E-state index contributed by atoms with van der Waals surface area (Å²) in [6, 6.07) is 6.35. The number of nitrogens with two attached hydrogens (primary N) is 1. The van der Waals surface area contributed by atoms with Crippen LogP contribution in [0.2, 0.25) is 0 Å². The maximum atomic E-state index is 12.0. The van der Waals surface area contributed by atoms with Crippen LogP contribution in [-0.4, -0.2) is 55.8 Å². The predicted molar refractivity (Wildman–Crippen MR) is 88.1 cm³/mol. The Morgan fingerprint density at radius 3 is 2.13 bits per heavy atom. The minimum absolute atomic E-state index is 0.0334. The molecule has 0 aliphatic heterocycles. The molecule has 0 heterocycles. The maximum Gasteiger partial charge on any atom is 0.279 e. The average molecular weight is 321 g/mol. The van der Waals surface area contributed by atoms with E-state index in [-0.39, 0.29) is 24.9 Å². The van der Waals surface area contributed by atoms with Crippen LogP contribution in [0.5, 0.6) is 0 Å². The van der Waals surface area contributed by atoms with Crippen molar-refractivity contribution in [2.45, 2.75) is 13.8 Å². The SMILES string of the molecule is CCN(CC)C(=O)C[NH+](C)CC(=O)Nc1ccc(C(N)=O)cc1. The topological polar surface area (TPSA) is 96.9 Å². The Bertz CT molecular complexity index is 553. The van der Waals surface area contributed by atoms with Crippen LogP contribution in [0.15, 0.2) is 24.3 Å². The Labute approximate surface area is 136 Å². The van der Waals surface area contributed by atoms with Crippen molar-refractivity contribution >= 4 is 23.4 Å². The summed E-state index contributed by atoms with van der Waals surface area (Å²) in [5.74, 6) is -0.672. The lowest BCUT2D eigenvalue weighted by Crippen LogP contribution is -3.11. The van der Waals surface area contributed by atoms with Gasteiger partial charge in [-0.2, -0.15) is 0 Å². The van der Waals surface area contributed by atoms with Crippen molar-refractivity contribution in [2.24, 2.45) is 5.73 Å². The van der Waals surface area contributed by atoms with E-state index in [2.05, 4.69) is 5.32 Å². The monoisotopic (exact) mass is 321 g/mol. The molecular weight excluding hydrogens is 296 g/mol. The fourth-order valence-corrected chi connectivity index (χ4v) is 2.21. The van der Waals surface area contributed by atoms with E-state index in [9.17, 15) is 14.4 Å². The molecule has 0 fully saturated rings. The lowest BCUT2D eigenvalue weighted by atomic mass is 10.2. The molecule has 0 saturated heterocycles. The van der Waals surface area contributed by atoms with Crippen LogP contribution < -0.4 is 16.0 Å². The van der Waals surface area contributed by atoms with Gasteiger partial charge in [-0.25, -0.2) is 0 Å². The van der Waals surface area contributed by atoms with E-state index in [1.54, 1.807) is 36.2 Å².